The van der Waals surface area contributed by atoms with Gasteiger partial charge in [-0.15, -0.1) is 0 Å². The van der Waals surface area contributed by atoms with Gasteiger partial charge < -0.3 is 4.74 Å². The van der Waals surface area contributed by atoms with E-state index in [4.69, 9.17) is 4.74 Å². The molecule has 2 aromatic rings. The van der Waals surface area contributed by atoms with Gasteiger partial charge in [0.1, 0.15) is 5.75 Å². The molecule has 22 heavy (non-hydrogen) atoms. The molecule has 118 valence electrons. The molecular weight excluding hydrogens is 292 g/mol. The standard InChI is InChI=1S/C19H24O2S/c1-19(2,3)17-10-8-15(9-11-17)13-22(20)14-16-6-5-7-18(12-16)21-4/h5-12H,13-14H2,1-4H3. The molecule has 0 saturated carbocycles. The summed E-state index contributed by atoms with van der Waals surface area (Å²) in [5, 5.41) is 0. The molecule has 0 aliphatic rings. The van der Waals surface area contributed by atoms with E-state index in [1.807, 2.05) is 24.3 Å². The molecule has 1 atom stereocenters. The first-order chi connectivity index (χ1) is 10.4. The highest BCUT2D eigenvalue weighted by molar-refractivity contribution is 7.83. The quantitative estimate of drug-likeness (QED) is 0.815. The molecule has 2 aromatic carbocycles. The number of ether oxygens (including phenoxy) is 1. The normalized spacial score (nSPS) is 12.9. The van der Waals surface area contributed by atoms with Crippen LogP contribution in [0.15, 0.2) is 48.5 Å². The van der Waals surface area contributed by atoms with Crippen LogP contribution in [-0.2, 0) is 27.7 Å². The van der Waals surface area contributed by atoms with Gasteiger partial charge in [-0.05, 0) is 34.2 Å². The highest BCUT2D eigenvalue weighted by Gasteiger charge is 2.13. The SMILES string of the molecule is COc1cccc(CS(=O)Cc2ccc(C(C)(C)C)cc2)c1. The summed E-state index contributed by atoms with van der Waals surface area (Å²) in [6.07, 6.45) is 0. The molecule has 2 nitrogen and oxygen atoms in total. The molecule has 0 aliphatic carbocycles. The van der Waals surface area contributed by atoms with E-state index in [2.05, 4.69) is 45.0 Å². The zero-order valence-electron chi connectivity index (χ0n) is 13.8. The predicted octanol–water partition coefficient (Wildman–Crippen LogP) is 4.44. The van der Waals surface area contributed by atoms with Crippen molar-refractivity contribution in [2.45, 2.75) is 37.7 Å². The Morgan fingerprint density at radius 2 is 1.59 bits per heavy atom. The lowest BCUT2D eigenvalue weighted by molar-refractivity contribution is 0.414. The van der Waals surface area contributed by atoms with Gasteiger partial charge in [-0.1, -0.05) is 57.2 Å². The van der Waals surface area contributed by atoms with Gasteiger partial charge in [-0.3, -0.25) is 4.21 Å². The van der Waals surface area contributed by atoms with Crippen LogP contribution < -0.4 is 4.74 Å². The molecule has 0 fully saturated rings. The van der Waals surface area contributed by atoms with E-state index < -0.39 is 10.8 Å². The molecule has 0 saturated heterocycles. The second-order valence-electron chi connectivity index (χ2n) is 6.53. The van der Waals surface area contributed by atoms with Gasteiger partial charge in [0, 0.05) is 22.3 Å². The van der Waals surface area contributed by atoms with Gasteiger partial charge in [0.2, 0.25) is 0 Å². The van der Waals surface area contributed by atoms with Crippen molar-refractivity contribution in [3.63, 3.8) is 0 Å². The fourth-order valence-electron chi connectivity index (χ4n) is 2.29. The molecule has 0 radical (unpaired) electrons. The van der Waals surface area contributed by atoms with Crippen molar-refractivity contribution in [3.05, 3.63) is 65.2 Å². The smallest absolute Gasteiger partial charge is 0.119 e. The van der Waals surface area contributed by atoms with E-state index in [1.54, 1.807) is 7.11 Å². The molecule has 2 rings (SSSR count). The Hall–Kier alpha value is -1.61. The van der Waals surface area contributed by atoms with Crippen molar-refractivity contribution in [1.29, 1.82) is 0 Å². The molecule has 0 amide bonds. The molecule has 0 N–H and O–H groups in total. The summed E-state index contributed by atoms with van der Waals surface area (Å²) >= 11 is 0. The molecule has 0 heterocycles. The Kier molecular flexibility index (Phi) is 5.41. The zero-order chi connectivity index (χ0) is 16.2. The van der Waals surface area contributed by atoms with Gasteiger partial charge in [0.25, 0.3) is 0 Å². The van der Waals surface area contributed by atoms with Crippen molar-refractivity contribution in [2.75, 3.05) is 7.11 Å². The Balaban J connectivity index is 1.99. The van der Waals surface area contributed by atoms with Crippen LogP contribution >= 0.6 is 0 Å². The Labute approximate surface area is 136 Å². The van der Waals surface area contributed by atoms with Crippen molar-refractivity contribution in [1.82, 2.24) is 0 Å². The average molecular weight is 316 g/mol. The van der Waals surface area contributed by atoms with Crippen LogP contribution in [0.2, 0.25) is 0 Å². The minimum absolute atomic E-state index is 0.151. The van der Waals surface area contributed by atoms with E-state index in [0.29, 0.717) is 11.5 Å². The van der Waals surface area contributed by atoms with E-state index in [0.717, 1.165) is 16.9 Å². The second-order valence-corrected chi connectivity index (χ2v) is 7.98. The van der Waals surface area contributed by atoms with Crippen molar-refractivity contribution in [2.24, 2.45) is 0 Å². The Morgan fingerprint density at radius 3 is 2.18 bits per heavy atom. The largest absolute Gasteiger partial charge is 0.497 e. The second kappa shape index (κ2) is 7.10. The summed E-state index contributed by atoms with van der Waals surface area (Å²) in [7, 11) is 0.730. The van der Waals surface area contributed by atoms with Crippen molar-refractivity contribution >= 4 is 10.8 Å². The van der Waals surface area contributed by atoms with Crippen LogP contribution in [0.3, 0.4) is 0 Å². The third-order valence-electron chi connectivity index (χ3n) is 3.61. The number of hydrogen-bond donors (Lipinski definition) is 0. The van der Waals surface area contributed by atoms with Crippen molar-refractivity contribution in [3.8, 4) is 5.75 Å². The molecule has 0 aliphatic heterocycles. The predicted molar refractivity (Wildman–Crippen MR) is 93.7 cm³/mol. The third kappa shape index (κ3) is 4.70. The monoisotopic (exact) mass is 316 g/mol. The Morgan fingerprint density at radius 1 is 0.955 bits per heavy atom. The summed E-state index contributed by atoms with van der Waals surface area (Å²) in [5.41, 5.74) is 3.62. The topological polar surface area (TPSA) is 26.3 Å². The number of rotatable bonds is 5. The number of benzene rings is 2. The molecular formula is C19H24O2S. The van der Waals surface area contributed by atoms with E-state index in [9.17, 15) is 4.21 Å². The van der Waals surface area contributed by atoms with E-state index in [1.165, 1.54) is 5.56 Å². The Bertz CT molecular complexity index is 639. The first kappa shape index (κ1) is 16.8. The molecule has 0 spiro atoms. The maximum absolute atomic E-state index is 12.3. The summed E-state index contributed by atoms with van der Waals surface area (Å²) in [6, 6.07) is 16.2. The minimum atomic E-state index is -0.916. The van der Waals surface area contributed by atoms with Crippen LogP contribution in [0.25, 0.3) is 0 Å². The zero-order valence-corrected chi connectivity index (χ0v) is 14.6. The van der Waals surface area contributed by atoms with Crippen LogP contribution in [0.4, 0.5) is 0 Å². The molecule has 1 unspecified atom stereocenters. The van der Waals surface area contributed by atoms with Gasteiger partial charge in [-0.25, -0.2) is 0 Å². The number of methoxy groups -OCH3 is 1. The average Bonchev–Trinajstić information content (AvgIpc) is 2.47. The molecule has 3 heteroatoms. The minimum Gasteiger partial charge on any atom is -0.497 e. The highest BCUT2D eigenvalue weighted by Crippen LogP contribution is 2.23. The van der Waals surface area contributed by atoms with Crippen LogP contribution in [0.1, 0.15) is 37.5 Å². The lowest BCUT2D eigenvalue weighted by Gasteiger charge is -2.19. The van der Waals surface area contributed by atoms with Crippen LogP contribution in [-0.4, -0.2) is 11.3 Å². The fourth-order valence-corrected chi connectivity index (χ4v) is 3.50. The summed E-state index contributed by atoms with van der Waals surface area (Å²) in [5.74, 6) is 1.95. The molecule has 0 bridgehead atoms. The van der Waals surface area contributed by atoms with Gasteiger partial charge >= 0.3 is 0 Å². The van der Waals surface area contributed by atoms with Crippen LogP contribution in [0, 0.1) is 0 Å². The maximum Gasteiger partial charge on any atom is 0.119 e. The third-order valence-corrected chi connectivity index (χ3v) is 4.92. The summed E-state index contributed by atoms with van der Waals surface area (Å²) < 4.78 is 17.5. The van der Waals surface area contributed by atoms with E-state index in [-0.39, 0.29) is 5.41 Å². The highest BCUT2D eigenvalue weighted by atomic mass is 32.2. The lowest BCUT2D eigenvalue weighted by atomic mass is 9.87. The van der Waals surface area contributed by atoms with Crippen LogP contribution in [0.5, 0.6) is 5.75 Å². The molecule has 0 aromatic heterocycles. The van der Waals surface area contributed by atoms with Gasteiger partial charge in [0.05, 0.1) is 7.11 Å². The first-order valence-electron chi connectivity index (χ1n) is 7.46. The fraction of sp³-hybridized carbons (Fsp3) is 0.368. The van der Waals surface area contributed by atoms with Crippen molar-refractivity contribution < 1.29 is 8.95 Å². The van der Waals surface area contributed by atoms with Gasteiger partial charge in [-0.2, -0.15) is 0 Å². The first-order valence-corrected chi connectivity index (χ1v) is 8.94. The van der Waals surface area contributed by atoms with Gasteiger partial charge in [0.15, 0.2) is 0 Å². The lowest BCUT2D eigenvalue weighted by Crippen LogP contribution is -2.10. The summed E-state index contributed by atoms with van der Waals surface area (Å²) in [4.78, 5) is 0. The summed E-state index contributed by atoms with van der Waals surface area (Å²) in [6.45, 7) is 6.59. The van der Waals surface area contributed by atoms with E-state index >= 15 is 0 Å². The maximum atomic E-state index is 12.3. The number of hydrogen-bond acceptors (Lipinski definition) is 2.